The van der Waals surface area contributed by atoms with Crippen molar-refractivity contribution in [2.75, 3.05) is 6.54 Å². The van der Waals surface area contributed by atoms with E-state index in [-0.39, 0.29) is 0 Å². The molecule has 1 N–H and O–H groups in total. The molecule has 0 amide bonds. The van der Waals surface area contributed by atoms with E-state index in [2.05, 4.69) is 38.1 Å². The molecule has 0 saturated heterocycles. The molecule has 0 saturated carbocycles. The molecule has 0 fully saturated rings. The predicted molar refractivity (Wildman–Crippen MR) is 54.7 cm³/mol. The summed E-state index contributed by atoms with van der Waals surface area (Å²) in [5, 5.41) is 7.70. The Balaban J connectivity index is 2.82. The maximum Gasteiger partial charge on any atom is 0.0540 e. The van der Waals surface area contributed by atoms with E-state index >= 15 is 0 Å². The predicted octanol–water partition coefficient (Wildman–Crippen LogP) is 1.88. The second-order valence-electron chi connectivity index (χ2n) is 3.28. The maximum absolute atomic E-state index is 4.31. The van der Waals surface area contributed by atoms with E-state index in [1.54, 1.807) is 0 Å². The van der Waals surface area contributed by atoms with Gasteiger partial charge in [-0.05, 0) is 27.3 Å². The molecular weight excluding hydrogens is 162 g/mol. The molecule has 1 rings (SSSR count). The maximum atomic E-state index is 4.31. The lowest BCUT2D eigenvalue weighted by Crippen LogP contribution is -2.18. The molecule has 1 aromatic rings. The van der Waals surface area contributed by atoms with Crippen LogP contribution in [0.3, 0.4) is 0 Å². The van der Waals surface area contributed by atoms with E-state index in [9.17, 15) is 0 Å². The third kappa shape index (κ3) is 2.10. The normalized spacial score (nSPS) is 13.2. The molecule has 1 unspecified atom stereocenters. The standard InChI is InChI=1S/C10H19N3/c1-5-11-8(3)10-7-12-13(6-2)9(10)4/h7-8,11H,5-6H2,1-4H3. The Morgan fingerprint density at radius 1 is 1.54 bits per heavy atom. The SMILES string of the molecule is CCNC(C)c1cnn(CC)c1C. The summed E-state index contributed by atoms with van der Waals surface area (Å²) < 4.78 is 2.03. The fourth-order valence-electron chi connectivity index (χ4n) is 1.62. The highest BCUT2D eigenvalue weighted by Gasteiger charge is 2.10. The van der Waals surface area contributed by atoms with Gasteiger partial charge in [0.05, 0.1) is 6.20 Å². The van der Waals surface area contributed by atoms with Crippen LogP contribution in [0.5, 0.6) is 0 Å². The van der Waals surface area contributed by atoms with Gasteiger partial charge in [-0.1, -0.05) is 6.92 Å². The van der Waals surface area contributed by atoms with Crippen LogP contribution >= 0.6 is 0 Å². The molecular formula is C10H19N3. The summed E-state index contributed by atoms with van der Waals surface area (Å²) in [6.07, 6.45) is 1.96. The Labute approximate surface area is 80.1 Å². The van der Waals surface area contributed by atoms with Crippen LogP contribution in [0.15, 0.2) is 6.20 Å². The van der Waals surface area contributed by atoms with Crippen LogP contribution in [-0.2, 0) is 6.54 Å². The second-order valence-corrected chi connectivity index (χ2v) is 3.28. The number of hydrogen-bond acceptors (Lipinski definition) is 2. The molecule has 1 atom stereocenters. The second kappa shape index (κ2) is 4.42. The third-order valence-electron chi connectivity index (χ3n) is 2.42. The lowest BCUT2D eigenvalue weighted by Gasteiger charge is -2.11. The van der Waals surface area contributed by atoms with E-state index < -0.39 is 0 Å². The quantitative estimate of drug-likeness (QED) is 0.768. The zero-order valence-corrected chi connectivity index (χ0v) is 8.96. The highest BCUT2D eigenvalue weighted by atomic mass is 15.3. The molecule has 0 aliphatic carbocycles. The van der Waals surface area contributed by atoms with Crippen molar-refractivity contribution in [1.82, 2.24) is 15.1 Å². The number of nitrogens with zero attached hydrogens (tertiary/aromatic N) is 2. The van der Waals surface area contributed by atoms with Gasteiger partial charge in [0.1, 0.15) is 0 Å². The number of nitrogens with one attached hydrogen (secondary N) is 1. The van der Waals surface area contributed by atoms with Gasteiger partial charge in [0, 0.05) is 23.8 Å². The van der Waals surface area contributed by atoms with Crippen molar-refractivity contribution in [2.24, 2.45) is 0 Å². The summed E-state index contributed by atoms with van der Waals surface area (Å²) >= 11 is 0. The van der Waals surface area contributed by atoms with Gasteiger partial charge in [-0.2, -0.15) is 5.10 Å². The van der Waals surface area contributed by atoms with E-state index in [4.69, 9.17) is 0 Å². The Hall–Kier alpha value is -0.830. The molecule has 0 aromatic carbocycles. The Kier molecular flexibility index (Phi) is 3.48. The Bertz CT molecular complexity index is 265. The van der Waals surface area contributed by atoms with Crippen molar-refractivity contribution < 1.29 is 0 Å². The lowest BCUT2D eigenvalue weighted by atomic mass is 10.1. The van der Waals surface area contributed by atoms with Gasteiger partial charge in [0.15, 0.2) is 0 Å². The van der Waals surface area contributed by atoms with Crippen molar-refractivity contribution in [1.29, 1.82) is 0 Å². The molecule has 13 heavy (non-hydrogen) atoms. The van der Waals surface area contributed by atoms with E-state index in [0.717, 1.165) is 13.1 Å². The molecule has 74 valence electrons. The van der Waals surface area contributed by atoms with Crippen LogP contribution in [0.25, 0.3) is 0 Å². The lowest BCUT2D eigenvalue weighted by molar-refractivity contribution is 0.588. The van der Waals surface area contributed by atoms with Gasteiger partial charge in [-0.25, -0.2) is 0 Å². The van der Waals surface area contributed by atoms with Gasteiger partial charge in [0.2, 0.25) is 0 Å². The summed E-state index contributed by atoms with van der Waals surface area (Å²) in [5.74, 6) is 0. The van der Waals surface area contributed by atoms with Crippen LogP contribution in [-0.4, -0.2) is 16.3 Å². The van der Waals surface area contributed by atoms with Crippen molar-refractivity contribution in [3.63, 3.8) is 0 Å². The van der Waals surface area contributed by atoms with Crippen molar-refractivity contribution >= 4 is 0 Å². The Morgan fingerprint density at radius 2 is 2.23 bits per heavy atom. The minimum atomic E-state index is 0.408. The van der Waals surface area contributed by atoms with Crippen molar-refractivity contribution in [3.05, 3.63) is 17.5 Å². The van der Waals surface area contributed by atoms with Gasteiger partial charge < -0.3 is 5.32 Å². The smallest absolute Gasteiger partial charge is 0.0540 e. The van der Waals surface area contributed by atoms with Crippen LogP contribution in [0.4, 0.5) is 0 Å². The molecule has 1 heterocycles. The highest BCUT2D eigenvalue weighted by Crippen LogP contribution is 2.16. The molecule has 0 spiro atoms. The topological polar surface area (TPSA) is 29.9 Å². The largest absolute Gasteiger partial charge is 0.310 e. The highest BCUT2D eigenvalue weighted by molar-refractivity contribution is 5.19. The fourth-order valence-corrected chi connectivity index (χ4v) is 1.62. The van der Waals surface area contributed by atoms with Crippen LogP contribution in [0.2, 0.25) is 0 Å². The van der Waals surface area contributed by atoms with Gasteiger partial charge in [-0.15, -0.1) is 0 Å². The molecule has 3 nitrogen and oxygen atoms in total. The number of aryl methyl sites for hydroxylation is 1. The van der Waals surface area contributed by atoms with Crippen LogP contribution < -0.4 is 5.32 Å². The molecule has 0 radical (unpaired) electrons. The first-order valence-corrected chi connectivity index (χ1v) is 4.96. The summed E-state index contributed by atoms with van der Waals surface area (Å²) in [7, 11) is 0. The fraction of sp³-hybridized carbons (Fsp3) is 0.700. The minimum Gasteiger partial charge on any atom is -0.310 e. The zero-order valence-electron chi connectivity index (χ0n) is 8.96. The van der Waals surface area contributed by atoms with E-state index in [1.165, 1.54) is 11.3 Å². The van der Waals surface area contributed by atoms with Crippen LogP contribution in [0.1, 0.15) is 38.1 Å². The minimum absolute atomic E-state index is 0.408. The summed E-state index contributed by atoms with van der Waals surface area (Å²) in [6.45, 7) is 10.5. The van der Waals surface area contributed by atoms with E-state index in [1.807, 2.05) is 10.9 Å². The monoisotopic (exact) mass is 181 g/mol. The average Bonchev–Trinajstić information content (AvgIpc) is 2.47. The number of hydrogen-bond donors (Lipinski definition) is 1. The molecule has 0 aliphatic heterocycles. The molecule has 3 heteroatoms. The number of rotatable bonds is 4. The van der Waals surface area contributed by atoms with Gasteiger partial charge in [-0.3, -0.25) is 4.68 Å². The molecule has 0 bridgehead atoms. The van der Waals surface area contributed by atoms with Crippen LogP contribution in [0, 0.1) is 6.92 Å². The summed E-state index contributed by atoms with van der Waals surface area (Å²) in [5.41, 5.74) is 2.58. The summed E-state index contributed by atoms with van der Waals surface area (Å²) in [6, 6.07) is 0.408. The number of aromatic nitrogens is 2. The van der Waals surface area contributed by atoms with E-state index in [0.29, 0.717) is 6.04 Å². The zero-order chi connectivity index (χ0) is 9.84. The van der Waals surface area contributed by atoms with Crippen molar-refractivity contribution in [2.45, 2.75) is 40.3 Å². The average molecular weight is 181 g/mol. The third-order valence-corrected chi connectivity index (χ3v) is 2.42. The Morgan fingerprint density at radius 3 is 2.69 bits per heavy atom. The first-order chi connectivity index (χ1) is 6.20. The molecule has 1 aromatic heterocycles. The van der Waals surface area contributed by atoms with Gasteiger partial charge >= 0.3 is 0 Å². The first kappa shape index (κ1) is 10.3. The van der Waals surface area contributed by atoms with Gasteiger partial charge in [0.25, 0.3) is 0 Å². The first-order valence-electron chi connectivity index (χ1n) is 4.96. The van der Waals surface area contributed by atoms with Crippen molar-refractivity contribution in [3.8, 4) is 0 Å². The summed E-state index contributed by atoms with van der Waals surface area (Å²) in [4.78, 5) is 0. The molecule has 0 aliphatic rings.